The molecule has 6 heteroatoms. The number of nitrogens with one attached hydrogen (secondary N) is 1. The minimum Gasteiger partial charge on any atom is -0.494 e. The second-order valence-corrected chi connectivity index (χ2v) is 6.85. The molecule has 132 valence electrons. The second-order valence-electron chi connectivity index (χ2n) is 6.02. The number of imidazole rings is 1. The molecule has 1 N–H and O–H groups in total. The number of rotatable bonds is 7. The monoisotopic (exact) mass is 357 g/mol. The number of aromatic nitrogens is 2. The Morgan fingerprint density at radius 1 is 1.32 bits per heavy atom. The standard InChI is InChI=1S/C19H23N3O2S/c1-4-13(3)20-18(23)10-15-12-25-19-21-17(11-22(15)19)14-6-8-16(9-7-14)24-5-2/h6-9,11-13H,4-5,10H2,1-3H3,(H,20,23)/t13-/m1/s1. The fraction of sp³-hybridized carbons (Fsp3) is 0.368. The quantitative estimate of drug-likeness (QED) is 0.697. The Morgan fingerprint density at radius 3 is 2.76 bits per heavy atom. The summed E-state index contributed by atoms with van der Waals surface area (Å²) in [5.41, 5.74) is 2.90. The molecule has 0 aliphatic heterocycles. The number of ether oxygens (including phenoxy) is 1. The highest BCUT2D eigenvalue weighted by atomic mass is 32.1. The van der Waals surface area contributed by atoms with Crippen LogP contribution in [0.25, 0.3) is 16.2 Å². The van der Waals surface area contributed by atoms with Crippen molar-refractivity contribution in [2.24, 2.45) is 0 Å². The Bertz CT molecular complexity index is 851. The third kappa shape index (κ3) is 4.02. The minimum absolute atomic E-state index is 0.0466. The van der Waals surface area contributed by atoms with Crippen molar-refractivity contribution in [1.82, 2.24) is 14.7 Å². The zero-order valence-corrected chi connectivity index (χ0v) is 15.6. The highest BCUT2D eigenvalue weighted by molar-refractivity contribution is 7.15. The molecular weight excluding hydrogens is 334 g/mol. The molecule has 0 fully saturated rings. The van der Waals surface area contributed by atoms with Crippen LogP contribution >= 0.6 is 11.3 Å². The van der Waals surface area contributed by atoms with Crippen molar-refractivity contribution < 1.29 is 9.53 Å². The van der Waals surface area contributed by atoms with E-state index in [1.807, 2.05) is 54.1 Å². The maximum absolute atomic E-state index is 12.1. The van der Waals surface area contributed by atoms with E-state index in [1.165, 1.54) is 0 Å². The summed E-state index contributed by atoms with van der Waals surface area (Å²) < 4.78 is 7.48. The van der Waals surface area contributed by atoms with Crippen LogP contribution in [0.2, 0.25) is 0 Å². The molecule has 0 spiro atoms. The molecule has 0 aliphatic rings. The molecule has 2 aromatic heterocycles. The molecule has 0 saturated heterocycles. The molecule has 0 unspecified atom stereocenters. The predicted octanol–water partition coefficient (Wildman–Crippen LogP) is 3.92. The normalized spacial score (nSPS) is 12.3. The van der Waals surface area contributed by atoms with Crippen LogP contribution in [-0.4, -0.2) is 27.9 Å². The molecule has 1 atom stereocenters. The van der Waals surface area contributed by atoms with Crippen molar-refractivity contribution in [3.63, 3.8) is 0 Å². The van der Waals surface area contributed by atoms with Gasteiger partial charge in [-0.25, -0.2) is 4.98 Å². The fourth-order valence-corrected chi connectivity index (χ4v) is 3.45. The van der Waals surface area contributed by atoms with Crippen molar-refractivity contribution in [1.29, 1.82) is 0 Å². The molecule has 3 aromatic rings. The van der Waals surface area contributed by atoms with Crippen molar-refractivity contribution in [2.45, 2.75) is 39.7 Å². The van der Waals surface area contributed by atoms with Crippen molar-refractivity contribution in [3.05, 3.63) is 41.5 Å². The van der Waals surface area contributed by atoms with Crippen molar-refractivity contribution in [3.8, 4) is 17.0 Å². The van der Waals surface area contributed by atoms with Gasteiger partial charge >= 0.3 is 0 Å². The Labute approximate surface area is 151 Å². The van der Waals surface area contributed by atoms with Gasteiger partial charge in [-0.05, 0) is 44.5 Å². The number of amides is 1. The lowest BCUT2D eigenvalue weighted by Crippen LogP contribution is -2.33. The summed E-state index contributed by atoms with van der Waals surface area (Å²) in [6.07, 6.45) is 3.29. The third-order valence-corrected chi connectivity index (χ3v) is 4.99. The summed E-state index contributed by atoms with van der Waals surface area (Å²) in [6, 6.07) is 8.11. The van der Waals surface area contributed by atoms with E-state index >= 15 is 0 Å². The fourth-order valence-electron chi connectivity index (χ4n) is 2.58. The van der Waals surface area contributed by atoms with Gasteiger partial charge in [-0.2, -0.15) is 0 Å². The zero-order chi connectivity index (χ0) is 17.8. The minimum atomic E-state index is 0.0466. The molecule has 25 heavy (non-hydrogen) atoms. The number of nitrogens with zero attached hydrogens (tertiary/aromatic N) is 2. The first-order valence-electron chi connectivity index (χ1n) is 8.58. The summed E-state index contributed by atoms with van der Waals surface area (Å²) in [5, 5.41) is 5.01. The number of hydrogen-bond donors (Lipinski definition) is 1. The number of carbonyl (C=O) groups is 1. The Kier molecular flexibility index (Phi) is 5.38. The van der Waals surface area contributed by atoms with Crippen LogP contribution in [-0.2, 0) is 11.2 Å². The van der Waals surface area contributed by atoms with E-state index in [4.69, 9.17) is 4.74 Å². The Balaban J connectivity index is 1.79. The van der Waals surface area contributed by atoms with E-state index in [0.717, 1.165) is 34.1 Å². The maximum atomic E-state index is 12.1. The number of fused-ring (bicyclic) bond motifs is 1. The van der Waals surface area contributed by atoms with Gasteiger partial charge in [-0.1, -0.05) is 6.92 Å². The number of hydrogen-bond acceptors (Lipinski definition) is 4. The average Bonchev–Trinajstić information content (AvgIpc) is 3.18. The summed E-state index contributed by atoms with van der Waals surface area (Å²) in [6.45, 7) is 6.70. The first-order chi connectivity index (χ1) is 12.1. The summed E-state index contributed by atoms with van der Waals surface area (Å²) in [4.78, 5) is 17.7. The van der Waals surface area contributed by atoms with Gasteiger partial charge in [-0.15, -0.1) is 11.3 Å². The van der Waals surface area contributed by atoms with Gasteiger partial charge in [0.2, 0.25) is 5.91 Å². The number of carbonyl (C=O) groups excluding carboxylic acids is 1. The second kappa shape index (κ2) is 7.70. The molecule has 2 heterocycles. The van der Waals surface area contributed by atoms with Gasteiger partial charge in [0.1, 0.15) is 5.75 Å². The zero-order valence-electron chi connectivity index (χ0n) is 14.8. The topological polar surface area (TPSA) is 55.6 Å². The lowest BCUT2D eigenvalue weighted by molar-refractivity contribution is -0.121. The Hall–Kier alpha value is -2.34. The lowest BCUT2D eigenvalue weighted by atomic mass is 10.1. The van der Waals surface area contributed by atoms with Gasteiger partial charge in [-0.3, -0.25) is 9.20 Å². The van der Waals surface area contributed by atoms with Gasteiger partial charge in [0.25, 0.3) is 0 Å². The first-order valence-corrected chi connectivity index (χ1v) is 9.46. The Morgan fingerprint density at radius 2 is 2.08 bits per heavy atom. The van der Waals surface area contributed by atoms with E-state index in [2.05, 4.69) is 17.2 Å². The van der Waals surface area contributed by atoms with Gasteiger partial charge in [0.05, 0.1) is 18.7 Å². The summed E-state index contributed by atoms with van der Waals surface area (Å²) in [5.74, 6) is 0.903. The van der Waals surface area contributed by atoms with Crippen molar-refractivity contribution in [2.75, 3.05) is 6.61 Å². The van der Waals surface area contributed by atoms with E-state index in [-0.39, 0.29) is 11.9 Å². The number of thiazole rings is 1. The predicted molar refractivity (Wildman–Crippen MR) is 101 cm³/mol. The van der Waals surface area contributed by atoms with E-state index in [1.54, 1.807) is 11.3 Å². The molecule has 5 nitrogen and oxygen atoms in total. The largest absolute Gasteiger partial charge is 0.494 e. The van der Waals surface area contributed by atoms with Crippen LogP contribution in [0.5, 0.6) is 5.75 Å². The van der Waals surface area contributed by atoms with Gasteiger partial charge < -0.3 is 10.1 Å². The van der Waals surface area contributed by atoms with E-state index < -0.39 is 0 Å². The highest BCUT2D eigenvalue weighted by Crippen LogP contribution is 2.25. The molecule has 3 rings (SSSR count). The average molecular weight is 357 g/mol. The molecule has 0 aliphatic carbocycles. The van der Waals surface area contributed by atoms with Crippen LogP contribution in [0.4, 0.5) is 0 Å². The highest BCUT2D eigenvalue weighted by Gasteiger charge is 2.13. The summed E-state index contributed by atoms with van der Waals surface area (Å²) >= 11 is 1.55. The van der Waals surface area contributed by atoms with Crippen LogP contribution in [0.15, 0.2) is 35.8 Å². The van der Waals surface area contributed by atoms with Crippen molar-refractivity contribution >= 4 is 22.2 Å². The first kappa shape index (κ1) is 17.5. The van der Waals surface area contributed by atoms with E-state index in [0.29, 0.717) is 13.0 Å². The van der Waals surface area contributed by atoms with Gasteiger partial charge in [0, 0.05) is 28.9 Å². The molecular formula is C19H23N3O2S. The lowest BCUT2D eigenvalue weighted by Gasteiger charge is -2.10. The van der Waals surface area contributed by atoms with Crippen LogP contribution in [0.1, 0.15) is 32.9 Å². The molecule has 0 bridgehead atoms. The van der Waals surface area contributed by atoms with Crippen LogP contribution in [0, 0.1) is 0 Å². The third-order valence-electron chi connectivity index (χ3n) is 4.11. The smallest absolute Gasteiger partial charge is 0.226 e. The summed E-state index contributed by atoms with van der Waals surface area (Å²) in [7, 11) is 0. The van der Waals surface area contributed by atoms with Crippen LogP contribution < -0.4 is 10.1 Å². The van der Waals surface area contributed by atoms with Crippen LogP contribution in [0.3, 0.4) is 0 Å². The molecule has 0 radical (unpaired) electrons. The van der Waals surface area contributed by atoms with Gasteiger partial charge in [0.15, 0.2) is 4.96 Å². The number of benzene rings is 1. The SMILES string of the molecule is CCOc1ccc(-c2cn3c(CC(=O)N[C@H](C)CC)csc3n2)cc1. The molecule has 1 amide bonds. The molecule has 0 saturated carbocycles. The maximum Gasteiger partial charge on any atom is 0.226 e. The van der Waals surface area contributed by atoms with E-state index in [9.17, 15) is 4.79 Å². The molecule has 1 aromatic carbocycles.